The van der Waals surface area contributed by atoms with E-state index >= 15 is 0 Å². The van der Waals surface area contributed by atoms with Crippen molar-refractivity contribution in [3.05, 3.63) is 103 Å². The molecular formula is C23H19N3O5S. The summed E-state index contributed by atoms with van der Waals surface area (Å²) < 4.78 is 7.29. The molecule has 1 N–H and O–H groups in total. The standard InChI is InChI=1S/C23H19N3O5S/c1-31-17-9-7-15(8-10-17)11-24-20(28)19-13-26-22(32-19)18(14-27)21(29)25(23(26)30)12-16-5-3-2-4-6-16/h2-10,13-14H,11-12H2,1H3,(H,24,28). The first-order valence-corrected chi connectivity index (χ1v) is 10.5. The van der Waals surface area contributed by atoms with Crippen molar-refractivity contribution in [3.8, 4) is 5.75 Å². The Kier molecular flexibility index (Phi) is 6.00. The second-order valence-corrected chi connectivity index (χ2v) is 8.02. The molecular weight excluding hydrogens is 430 g/mol. The monoisotopic (exact) mass is 449 g/mol. The number of nitrogens with one attached hydrogen (secondary N) is 1. The third-order valence-corrected chi connectivity index (χ3v) is 6.07. The maximum absolute atomic E-state index is 13.0. The number of carbonyl (C=O) groups is 2. The van der Waals surface area contributed by atoms with Crippen LogP contribution in [-0.4, -0.2) is 28.3 Å². The molecule has 0 aliphatic heterocycles. The molecule has 2 aromatic heterocycles. The SMILES string of the molecule is COc1ccc(CNC(=O)c2cn3c(=O)n(Cc4ccccc4)c(=O)c(C=O)c3s2)cc1. The zero-order valence-electron chi connectivity index (χ0n) is 17.1. The molecule has 9 heteroatoms. The predicted molar refractivity (Wildman–Crippen MR) is 121 cm³/mol. The van der Waals surface area contributed by atoms with Crippen LogP contribution in [0.3, 0.4) is 0 Å². The van der Waals surface area contributed by atoms with E-state index in [1.807, 2.05) is 18.2 Å². The maximum Gasteiger partial charge on any atom is 0.336 e. The van der Waals surface area contributed by atoms with Crippen LogP contribution in [-0.2, 0) is 13.1 Å². The van der Waals surface area contributed by atoms with E-state index in [2.05, 4.69) is 5.32 Å². The Hall–Kier alpha value is -3.98. The van der Waals surface area contributed by atoms with Crippen molar-refractivity contribution in [2.45, 2.75) is 13.1 Å². The molecule has 8 nitrogen and oxygen atoms in total. The number of nitrogens with zero attached hydrogens (tertiary/aromatic N) is 2. The molecule has 0 spiro atoms. The Balaban J connectivity index is 1.65. The molecule has 0 aliphatic carbocycles. The number of fused-ring (bicyclic) bond motifs is 1. The van der Waals surface area contributed by atoms with E-state index in [1.54, 1.807) is 43.5 Å². The van der Waals surface area contributed by atoms with Crippen molar-refractivity contribution in [1.29, 1.82) is 0 Å². The van der Waals surface area contributed by atoms with Crippen molar-refractivity contribution in [2.75, 3.05) is 7.11 Å². The fourth-order valence-corrected chi connectivity index (χ4v) is 4.27. The predicted octanol–water partition coefficient (Wildman–Crippen LogP) is 2.32. The van der Waals surface area contributed by atoms with Gasteiger partial charge in [0.1, 0.15) is 21.0 Å². The molecule has 0 atom stereocenters. The van der Waals surface area contributed by atoms with Crippen molar-refractivity contribution >= 4 is 28.4 Å². The van der Waals surface area contributed by atoms with Gasteiger partial charge in [-0.1, -0.05) is 42.5 Å². The number of ether oxygens (including phenoxy) is 1. The van der Waals surface area contributed by atoms with E-state index < -0.39 is 17.2 Å². The Morgan fingerprint density at radius 2 is 1.78 bits per heavy atom. The van der Waals surface area contributed by atoms with Gasteiger partial charge in [-0.05, 0) is 23.3 Å². The quantitative estimate of drug-likeness (QED) is 0.437. The van der Waals surface area contributed by atoms with Crippen LogP contribution < -0.4 is 21.3 Å². The molecule has 0 unspecified atom stereocenters. The average molecular weight is 449 g/mol. The smallest absolute Gasteiger partial charge is 0.336 e. The first kappa shape index (κ1) is 21.3. The van der Waals surface area contributed by atoms with Crippen molar-refractivity contribution in [1.82, 2.24) is 14.3 Å². The highest BCUT2D eigenvalue weighted by molar-refractivity contribution is 7.19. The van der Waals surface area contributed by atoms with E-state index in [-0.39, 0.29) is 28.4 Å². The van der Waals surface area contributed by atoms with E-state index in [1.165, 1.54) is 10.6 Å². The van der Waals surface area contributed by atoms with Gasteiger partial charge >= 0.3 is 5.69 Å². The van der Waals surface area contributed by atoms with E-state index in [4.69, 9.17) is 4.74 Å². The van der Waals surface area contributed by atoms with Crippen LogP contribution in [0.5, 0.6) is 5.75 Å². The Bertz CT molecular complexity index is 1400. The van der Waals surface area contributed by atoms with Gasteiger partial charge in [0, 0.05) is 12.7 Å². The average Bonchev–Trinajstić information content (AvgIpc) is 3.27. The number of carbonyl (C=O) groups excluding carboxylic acids is 2. The van der Waals surface area contributed by atoms with Gasteiger partial charge in [-0.3, -0.25) is 23.4 Å². The summed E-state index contributed by atoms with van der Waals surface area (Å²) in [5.41, 5.74) is 0.176. The van der Waals surface area contributed by atoms with Crippen LogP contribution in [0.2, 0.25) is 0 Å². The second kappa shape index (κ2) is 9.03. The third kappa shape index (κ3) is 4.10. The second-order valence-electron chi connectivity index (χ2n) is 6.99. The van der Waals surface area contributed by atoms with Crippen LogP contribution >= 0.6 is 11.3 Å². The number of rotatable bonds is 7. The molecule has 32 heavy (non-hydrogen) atoms. The van der Waals surface area contributed by atoms with Crippen LogP contribution in [0.4, 0.5) is 0 Å². The zero-order valence-corrected chi connectivity index (χ0v) is 17.9. The number of amides is 1. The lowest BCUT2D eigenvalue weighted by Crippen LogP contribution is -2.39. The lowest BCUT2D eigenvalue weighted by Gasteiger charge is -2.07. The van der Waals surface area contributed by atoms with E-state index in [0.717, 1.165) is 27.0 Å². The molecule has 0 aliphatic rings. The molecule has 2 aromatic carbocycles. The Morgan fingerprint density at radius 3 is 2.44 bits per heavy atom. The summed E-state index contributed by atoms with van der Waals surface area (Å²) >= 11 is 0.927. The first-order valence-electron chi connectivity index (χ1n) is 9.71. The minimum atomic E-state index is -0.680. The highest BCUT2D eigenvalue weighted by atomic mass is 32.1. The van der Waals surface area contributed by atoms with Crippen molar-refractivity contribution in [2.24, 2.45) is 0 Å². The summed E-state index contributed by atoms with van der Waals surface area (Å²) in [5, 5.41) is 2.78. The van der Waals surface area contributed by atoms with E-state index in [9.17, 15) is 19.2 Å². The topological polar surface area (TPSA) is 98.9 Å². The van der Waals surface area contributed by atoms with Gasteiger partial charge in [-0.2, -0.15) is 0 Å². The Morgan fingerprint density at radius 1 is 1.06 bits per heavy atom. The van der Waals surface area contributed by atoms with Gasteiger partial charge in [0.05, 0.1) is 13.7 Å². The number of thiazole rings is 1. The van der Waals surface area contributed by atoms with Crippen molar-refractivity contribution < 1.29 is 14.3 Å². The molecule has 0 radical (unpaired) electrons. The minimum absolute atomic E-state index is 0.0249. The highest BCUT2D eigenvalue weighted by Crippen LogP contribution is 2.18. The fourth-order valence-electron chi connectivity index (χ4n) is 3.26. The van der Waals surface area contributed by atoms with Gasteiger partial charge in [0.2, 0.25) is 0 Å². The summed E-state index contributed by atoms with van der Waals surface area (Å²) in [6.07, 6.45) is 1.79. The summed E-state index contributed by atoms with van der Waals surface area (Å²) in [4.78, 5) is 50.5. The summed E-state index contributed by atoms with van der Waals surface area (Å²) in [6, 6.07) is 16.2. The normalized spacial score (nSPS) is 10.8. The number of hydrogen-bond acceptors (Lipinski definition) is 6. The van der Waals surface area contributed by atoms with Crippen LogP contribution in [0.15, 0.2) is 70.4 Å². The minimum Gasteiger partial charge on any atom is -0.497 e. The Labute approximate surface area is 186 Å². The fraction of sp³-hybridized carbons (Fsp3) is 0.130. The number of benzene rings is 2. The van der Waals surface area contributed by atoms with Crippen LogP contribution in [0, 0.1) is 0 Å². The lowest BCUT2D eigenvalue weighted by atomic mass is 10.2. The molecule has 4 aromatic rings. The van der Waals surface area contributed by atoms with Gasteiger partial charge in [-0.25, -0.2) is 4.79 Å². The number of aromatic nitrogens is 2. The highest BCUT2D eigenvalue weighted by Gasteiger charge is 2.19. The number of methoxy groups -OCH3 is 1. The molecule has 0 saturated heterocycles. The molecule has 162 valence electrons. The summed E-state index contributed by atoms with van der Waals surface area (Å²) in [7, 11) is 1.57. The van der Waals surface area contributed by atoms with E-state index in [0.29, 0.717) is 12.0 Å². The lowest BCUT2D eigenvalue weighted by molar-refractivity contribution is 0.0954. The van der Waals surface area contributed by atoms with Gasteiger partial charge in [0.15, 0.2) is 6.29 Å². The molecule has 0 bridgehead atoms. The first-order chi connectivity index (χ1) is 15.5. The van der Waals surface area contributed by atoms with Gasteiger partial charge < -0.3 is 10.1 Å². The third-order valence-electron chi connectivity index (χ3n) is 4.95. The number of hydrogen-bond donors (Lipinski definition) is 1. The zero-order chi connectivity index (χ0) is 22.7. The van der Waals surface area contributed by atoms with Gasteiger partial charge in [0.25, 0.3) is 11.5 Å². The molecule has 0 fully saturated rings. The molecule has 2 heterocycles. The largest absolute Gasteiger partial charge is 0.497 e. The molecule has 0 saturated carbocycles. The number of aldehydes is 1. The maximum atomic E-state index is 13.0. The summed E-state index contributed by atoms with van der Waals surface area (Å²) in [5.74, 6) is 0.301. The summed E-state index contributed by atoms with van der Waals surface area (Å²) in [6.45, 7) is 0.296. The molecule has 1 amide bonds. The molecule has 4 rings (SSSR count). The van der Waals surface area contributed by atoms with Crippen LogP contribution in [0.1, 0.15) is 31.2 Å². The van der Waals surface area contributed by atoms with Gasteiger partial charge in [-0.15, -0.1) is 11.3 Å². The van der Waals surface area contributed by atoms with Crippen molar-refractivity contribution in [3.63, 3.8) is 0 Å². The van der Waals surface area contributed by atoms with Crippen LogP contribution in [0.25, 0.3) is 4.83 Å².